The van der Waals surface area contributed by atoms with Gasteiger partial charge in [0.15, 0.2) is 0 Å². The molecule has 0 unspecified atom stereocenters. The fraction of sp³-hybridized carbons (Fsp3) is 0.756. The summed E-state index contributed by atoms with van der Waals surface area (Å²) in [6.45, 7) is 34.7. The quantitative estimate of drug-likeness (QED) is 0.133. The Labute approximate surface area is 312 Å². The Hall–Kier alpha value is -2.18. The smallest absolute Gasteiger partial charge is 0.410 e. The number of aryl methyl sites for hydroxylation is 1. The van der Waals surface area contributed by atoms with Crippen LogP contribution < -0.4 is 8.85 Å². The lowest BCUT2D eigenvalue weighted by Gasteiger charge is -2.43. The van der Waals surface area contributed by atoms with E-state index in [2.05, 4.69) is 94.1 Å². The zero-order chi connectivity index (χ0) is 38.5. The van der Waals surface area contributed by atoms with Gasteiger partial charge in [-0.1, -0.05) is 83.1 Å². The van der Waals surface area contributed by atoms with Crippen LogP contribution in [0.1, 0.15) is 135 Å². The number of amides is 1. The molecule has 7 nitrogen and oxygen atoms in total. The second-order valence-corrected chi connectivity index (χ2v) is 28.5. The van der Waals surface area contributed by atoms with Crippen LogP contribution in [0.5, 0.6) is 11.5 Å². The molecule has 0 radical (unpaired) electrons. The summed E-state index contributed by atoms with van der Waals surface area (Å²) in [5, 5.41) is 0.748. The Balaban J connectivity index is 2.02. The standard InChI is InChI=1S/C41H71FN2O5Si2/c1-27(2)50(28(3)4,29(5)6)48-34-23-37-39(38(24-34)49-51(30(7)8,31(9)10)32(11)12)35(36(42)25-43-37)20-18-22-46-33-19-16-17-21-44(26-33)40(45)47-41(13,14)15/h23-25,27-33H,16-22,26H2,1-15H3/t33-/m1/s1. The minimum atomic E-state index is -2.43. The van der Waals surface area contributed by atoms with Gasteiger partial charge in [-0.3, -0.25) is 4.98 Å². The number of hydrogen-bond acceptors (Lipinski definition) is 6. The van der Waals surface area contributed by atoms with Crippen molar-refractivity contribution in [2.45, 2.75) is 181 Å². The number of hydrogen-bond donors (Lipinski definition) is 0. The molecule has 1 aliphatic rings. The van der Waals surface area contributed by atoms with E-state index in [0.29, 0.717) is 82.6 Å². The first kappa shape index (κ1) is 43.2. The third-order valence-corrected chi connectivity index (χ3v) is 23.2. The summed E-state index contributed by atoms with van der Waals surface area (Å²) in [5.74, 6) is 1.15. The molecule has 0 saturated carbocycles. The monoisotopic (exact) mass is 746 g/mol. The number of benzene rings is 1. The minimum absolute atomic E-state index is 0.0836. The summed E-state index contributed by atoms with van der Waals surface area (Å²) in [6.07, 6.45) is 4.87. The first-order valence-corrected chi connectivity index (χ1v) is 24.0. The Morgan fingerprint density at radius 1 is 0.863 bits per heavy atom. The first-order valence-electron chi connectivity index (χ1n) is 19.8. The number of likely N-dealkylation sites (tertiary alicyclic amines) is 1. The zero-order valence-corrected chi connectivity index (χ0v) is 36.7. The van der Waals surface area contributed by atoms with Gasteiger partial charge in [0.1, 0.15) is 22.9 Å². The van der Waals surface area contributed by atoms with E-state index in [4.69, 9.17) is 18.3 Å². The molecule has 0 spiro atoms. The molecule has 0 N–H and O–H groups in total. The molecule has 10 heteroatoms. The van der Waals surface area contributed by atoms with Gasteiger partial charge in [0, 0.05) is 36.2 Å². The molecule has 0 bridgehead atoms. The van der Waals surface area contributed by atoms with Crippen molar-refractivity contribution in [1.29, 1.82) is 0 Å². The van der Waals surface area contributed by atoms with Gasteiger partial charge >= 0.3 is 6.09 Å². The maximum absolute atomic E-state index is 16.0. The summed E-state index contributed by atoms with van der Waals surface area (Å²) < 4.78 is 42.6. The number of carbonyl (C=O) groups is 1. The van der Waals surface area contributed by atoms with Gasteiger partial charge in [-0.2, -0.15) is 0 Å². The molecule has 2 aromatic rings. The van der Waals surface area contributed by atoms with Crippen molar-refractivity contribution in [2.75, 3.05) is 19.7 Å². The van der Waals surface area contributed by atoms with Crippen LogP contribution in [-0.4, -0.2) is 64.0 Å². The van der Waals surface area contributed by atoms with Crippen molar-refractivity contribution in [3.05, 3.63) is 29.7 Å². The molecule has 1 aromatic heterocycles. The number of ether oxygens (including phenoxy) is 2. The number of pyridine rings is 1. The Morgan fingerprint density at radius 3 is 1.94 bits per heavy atom. The lowest BCUT2D eigenvalue weighted by atomic mass is 10.0. The SMILES string of the molecule is CC(C)[Si](Oc1cc(O[Si](C(C)C)(C(C)C)C(C)C)c2c(CCCO[C@@H]3CCCCN(C(=O)OC(C)(C)C)C3)c(F)cnc2c1)(C(C)C)C(C)C. The third kappa shape index (κ3) is 10.1. The molecule has 1 aromatic carbocycles. The number of nitrogens with zero attached hydrogens (tertiary/aromatic N) is 2. The summed E-state index contributed by atoms with van der Waals surface area (Å²) in [5.41, 5.74) is 2.98. The molecule has 1 amide bonds. The highest BCUT2D eigenvalue weighted by atomic mass is 28.4. The van der Waals surface area contributed by atoms with E-state index >= 15 is 4.39 Å². The normalized spacial score (nSPS) is 16.7. The molecule has 3 rings (SSSR count). The van der Waals surface area contributed by atoms with E-state index in [-0.39, 0.29) is 18.0 Å². The first-order chi connectivity index (χ1) is 23.7. The number of halogens is 1. The van der Waals surface area contributed by atoms with Gasteiger partial charge in [-0.25, -0.2) is 9.18 Å². The number of fused-ring (bicyclic) bond motifs is 1. The third-order valence-electron chi connectivity index (χ3n) is 11.2. The largest absolute Gasteiger partial charge is 0.543 e. The highest BCUT2D eigenvalue weighted by molar-refractivity contribution is 6.79. The molecule has 51 heavy (non-hydrogen) atoms. The maximum atomic E-state index is 16.0. The van der Waals surface area contributed by atoms with Crippen LogP contribution in [0.15, 0.2) is 18.3 Å². The van der Waals surface area contributed by atoms with E-state index < -0.39 is 22.2 Å². The van der Waals surface area contributed by atoms with Crippen LogP contribution >= 0.6 is 0 Å². The average molecular weight is 747 g/mol. The molecular formula is C41H71FN2O5Si2. The number of rotatable bonds is 15. The van der Waals surface area contributed by atoms with Crippen molar-refractivity contribution in [2.24, 2.45) is 0 Å². The maximum Gasteiger partial charge on any atom is 0.410 e. The predicted octanol–water partition coefficient (Wildman–Crippen LogP) is 12.2. The fourth-order valence-corrected chi connectivity index (χ4v) is 19.5. The minimum Gasteiger partial charge on any atom is -0.543 e. The van der Waals surface area contributed by atoms with Crippen molar-refractivity contribution < 1.29 is 27.5 Å². The van der Waals surface area contributed by atoms with Gasteiger partial charge in [-0.05, 0) is 86.1 Å². The van der Waals surface area contributed by atoms with E-state index in [1.54, 1.807) is 4.90 Å². The zero-order valence-electron chi connectivity index (χ0n) is 34.7. The van der Waals surface area contributed by atoms with Crippen LogP contribution in [0.25, 0.3) is 10.9 Å². The predicted molar refractivity (Wildman–Crippen MR) is 215 cm³/mol. The molecule has 0 aliphatic carbocycles. The van der Waals surface area contributed by atoms with Crippen molar-refractivity contribution >= 4 is 33.6 Å². The lowest BCUT2D eigenvalue weighted by molar-refractivity contribution is 0.000747. The Bertz CT molecular complexity index is 1400. The number of carbonyl (C=O) groups excluding carboxylic acids is 1. The number of aromatic nitrogens is 1. The molecule has 1 aliphatic heterocycles. The van der Waals surface area contributed by atoms with Crippen LogP contribution in [0.3, 0.4) is 0 Å². The summed E-state index contributed by atoms with van der Waals surface area (Å²) in [4.78, 5) is 19.3. The van der Waals surface area contributed by atoms with Crippen molar-refractivity contribution in [3.8, 4) is 11.5 Å². The van der Waals surface area contributed by atoms with Crippen molar-refractivity contribution in [1.82, 2.24) is 9.88 Å². The van der Waals surface area contributed by atoms with Gasteiger partial charge in [0.25, 0.3) is 16.6 Å². The summed E-state index contributed by atoms with van der Waals surface area (Å²) in [6, 6.07) is 4.07. The van der Waals surface area contributed by atoms with Crippen LogP contribution in [-0.2, 0) is 15.9 Å². The van der Waals surface area contributed by atoms with E-state index in [9.17, 15) is 4.79 Å². The molecule has 1 fully saturated rings. The highest BCUT2D eigenvalue weighted by Crippen LogP contribution is 2.48. The molecular weight excluding hydrogens is 676 g/mol. The Morgan fingerprint density at radius 2 is 1.41 bits per heavy atom. The summed E-state index contributed by atoms with van der Waals surface area (Å²) in [7, 11) is -4.72. The molecule has 2 heterocycles. The molecule has 1 saturated heterocycles. The van der Waals surface area contributed by atoms with Gasteiger partial charge < -0.3 is 23.2 Å². The van der Waals surface area contributed by atoms with E-state index in [1.165, 1.54) is 6.20 Å². The highest BCUT2D eigenvalue weighted by Gasteiger charge is 2.49. The summed E-state index contributed by atoms with van der Waals surface area (Å²) >= 11 is 0. The van der Waals surface area contributed by atoms with E-state index in [1.807, 2.05) is 26.8 Å². The Kier molecular flexibility index (Phi) is 15.1. The second kappa shape index (κ2) is 17.8. The lowest BCUT2D eigenvalue weighted by Crippen LogP contribution is -2.51. The average Bonchev–Trinajstić information content (AvgIpc) is 3.25. The van der Waals surface area contributed by atoms with Gasteiger partial charge in [-0.15, -0.1) is 0 Å². The van der Waals surface area contributed by atoms with Crippen LogP contribution in [0, 0.1) is 5.82 Å². The van der Waals surface area contributed by atoms with Crippen molar-refractivity contribution in [3.63, 3.8) is 0 Å². The second-order valence-electron chi connectivity index (χ2n) is 17.8. The van der Waals surface area contributed by atoms with Crippen LogP contribution in [0.4, 0.5) is 9.18 Å². The fourth-order valence-electron chi connectivity index (χ4n) is 9.02. The van der Waals surface area contributed by atoms with Gasteiger partial charge in [0.05, 0.1) is 24.4 Å². The van der Waals surface area contributed by atoms with Gasteiger partial charge in [0.2, 0.25) is 0 Å². The molecule has 290 valence electrons. The van der Waals surface area contributed by atoms with E-state index in [0.717, 1.165) is 30.4 Å². The van der Waals surface area contributed by atoms with Crippen LogP contribution in [0.2, 0.25) is 33.2 Å². The topological polar surface area (TPSA) is 70.1 Å². The molecule has 1 atom stereocenters.